The Morgan fingerprint density at radius 3 is 2.95 bits per heavy atom. The van der Waals surface area contributed by atoms with E-state index in [-0.39, 0.29) is 12.0 Å². The highest BCUT2D eigenvalue weighted by Crippen LogP contribution is 2.26. The van der Waals surface area contributed by atoms with Crippen molar-refractivity contribution in [2.24, 2.45) is 0 Å². The number of nitrogens with one attached hydrogen (secondary N) is 1. The summed E-state index contributed by atoms with van der Waals surface area (Å²) < 4.78 is 10.6. The third-order valence-corrected chi connectivity index (χ3v) is 4.17. The molecule has 1 atom stereocenters. The lowest BCUT2D eigenvalue weighted by molar-refractivity contribution is -0.137. The average molecular weight is 307 g/mol. The molecular weight excluding hydrogens is 286 g/mol. The topological polar surface area (TPSA) is 51.5 Å². The van der Waals surface area contributed by atoms with E-state index < -0.39 is 0 Å². The Kier molecular flexibility index (Phi) is 6.14. The molecule has 5 heteroatoms. The number of carbonyl (C=O) groups is 1. The van der Waals surface area contributed by atoms with Gasteiger partial charge in [-0.2, -0.15) is 0 Å². The molecule has 0 amide bonds. The lowest BCUT2D eigenvalue weighted by Crippen LogP contribution is -2.24. The van der Waals surface area contributed by atoms with Crippen LogP contribution in [0.5, 0.6) is 0 Å². The van der Waals surface area contributed by atoms with E-state index in [0.29, 0.717) is 5.75 Å². The number of hydrogen-bond donors (Lipinski definition) is 1. The highest BCUT2D eigenvalue weighted by Gasteiger charge is 2.16. The molecule has 21 heavy (non-hydrogen) atoms. The highest BCUT2D eigenvalue weighted by atomic mass is 32.2. The van der Waals surface area contributed by atoms with Gasteiger partial charge >= 0.3 is 5.97 Å². The summed E-state index contributed by atoms with van der Waals surface area (Å²) in [6, 6.07) is 10.2. The van der Waals surface area contributed by atoms with Gasteiger partial charge in [0, 0.05) is 11.1 Å². The van der Waals surface area contributed by atoms with E-state index in [9.17, 15) is 4.79 Å². The summed E-state index contributed by atoms with van der Waals surface area (Å²) in [5.41, 5.74) is 0.897. The van der Waals surface area contributed by atoms with Crippen LogP contribution in [0.4, 0.5) is 0 Å². The van der Waals surface area contributed by atoms with Gasteiger partial charge in [-0.05, 0) is 25.1 Å². The second-order valence-corrected chi connectivity index (χ2v) is 5.81. The summed E-state index contributed by atoms with van der Waals surface area (Å²) in [6.07, 6.45) is 1.05. The Bertz CT molecular complexity index is 549. The van der Waals surface area contributed by atoms with Crippen molar-refractivity contribution in [3.05, 3.63) is 36.1 Å². The van der Waals surface area contributed by atoms with Crippen LogP contribution >= 0.6 is 11.8 Å². The smallest absolute Gasteiger partial charge is 0.315 e. The van der Waals surface area contributed by atoms with Crippen molar-refractivity contribution in [1.29, 1.82) is 0 Å². The van der Waals surface area contributed by atoms with Crippen molar-refractivity contribution in [2.75, 3.05) is 25.2 Å². The van der Waals surface area contributed by atoms with Gasteiger partial charge in [0.2, 0.25) is 0 Å². The number of thioether (sulfide) groups is 1. The first-order valence-corrected chi connectivity index (χ1v) is 8.26. The molecule has 2 rings (SSSR count). The van der Waals surface area contributed by atoms with Gasteiger partial charge < -0.3 is 14.5 Å². The van der Waals surface area contributed by atoms with E-state index >= 15 is 0 Å². The van der Waals surface area contributed by atoms with Gasteiger partial charge in [-0.1, -0.05) is 25.1 Å². The number of furan rings is 1. The molecule has 0 radical (unpaired) electrons. The molecule has 1 aromatic heterocycles. The van der Waals surface area contributed by atoms with Gasteiger partial charge in [-0.15, -0.1) is 11.8 Å². The van der Waals surface area contributed by atoms with E-state index in [1.807, 2.05) is 24.3 Å². The summed E-state index contributed by atoms with van der Waals surface area (Å²) in [5.74, 6) is 1.86. The molecule has 0 aliphatic rings. The molecule has 1 unspecified atom stereocenters. The standard InChI is InChI=1S/C16H21NO3S/c1-3-8-17-13(10-21-11-16(18)19-2)15-9-12-6-4-5-7-14(12)20-15/h4-7,9,13,17H,3,8,10-11H2,1-2H3. The van der Waals surface area contributed by atoms with Gasteiger partial charge in [0.25, 0.3) is 0 Å². The molecule has 114 valence electrons. The van der Waals surface area contributed by atoms with Crippen LogP contribution in [-0.4, -0.2) is 31.1 Å². The molecule has 0 aliphatic heterocycles. The number of methoxy groups -OCH3 is 1. The van der Waals surface area contributed by atoms with Gasteiger partial charge in [-0.3, -0.25) is 4.79 Å². The minimum Gasteiger partial charge on any atom is -0.468 e. The van der Waals surface area contributed by atoms with Crippen LogP contribution in [0.1, 0.15) is 25.1 Å². The second-order valence-electron chi connectivity index (χ2n) is 4.78. The third-order valence-electron chi connectivity index (χ3n) is 3.16. The maximum atomic E-state index is 11.2. The summed E-state index contributed by atoms with van der Waals surface area (Å²) >= 11 is 1.55. The number of ether oxygens (including phenoxy) is 1. The predicted octanol–water partition coefficient (Wildman–Crippen LogP) is 3.38. The number of esters is 1. The van der Waals surface area contributed by atoms with Crippen molar-refractivity contribution in [3.8, 4) is 0 Å². The fraction of sp³-hybridized carbons (Fsp3) is 0.438. The van der Waals surface area contributed by atoms with E-state index in [4.69, 9.17) is 4.42 Å². The van der Waals surface area contributed by atoms with Crippen molar-refractivity contribution in [2.45, 2.75) is 19.4 Å². The predicted molar refractivity (Wildman–Crippen MR) is 86.6 cm³/mol. The monoisotopic (exact) mass is 307 g/mol. The zero-order valence-corrected chi connectivity index (χ0v) is 13.2. The number of benzene rings is 1. The van der Waals surface area contributed by atoms with Crippen LogP contribution in [-0.2, 0) is 9.53 Å². The zero-order chi connectivity index (χ0) is 15.1. The molecule has 1 N–H and O–H groups in total. The summed E-state index contributed by atoms with van der Waals surface area (Å²) in [4.78, 5) is 11.2. The minimum absolute atomic E-state index is 0.104. The van der Waals surface area contributed by atoms with Crippen LogP contribution in [0.2, 0.25) is 0 Å². The fourth-order valence-electron chi connectivity index (χ4n) is 2.05. The minimum atomic E-state index is -0.196. The van der Waals surface area contributed by atoms with Crippen LogP contribution in [0.3, 0.4) is 0 Å². The Morgan fingerprint density at radius 1 is 1.43 bits per heavy atom. The molecule has 4 nitrogen and oxygen atoms in total. The molecular formula is C16H21NO3S. The van der Waals surface area contributed by atoms with Gasteiger partial charge in [-0.25, -0.2) is 0 Å². The molecule has 0 saturated carbocycles. The third kappa shape index (κ3) is 4.51. The number of fused-ring (bicyclic) bond motifs is 1. The van der Waals surface area contributed by atoms with Crippen molar-refractivity contribution >= 4 is 28.7 Å². The van der Waals surface area contributed by atoms with Gasteiger partial charge in [0.05, 0.1) is 18.9 Å². The fourth-order valence-corrected chi connectivity index (χ4v) is 2.97. The average Bonchev–Trinajstić information content (AvgIpc) is 2.94. The van der Waals surface area contributed by atoms with Crippen LogP contribution in [0.15, 0.2) is 34.7 Å². The van der Waals surface area contributed by atoms with Crippen LogP contribution in [0, 0.1) is 0 Å². The maximum Gasteiger partial charge on any atom is 0.315 e. The number of rotatable bonds is 8. The maximum absolute atomic E-state index is 11.2. The lowest BCUT2D eigenvalue weighted by Gasteiger charge is -2.15. The normalized spacial score (nSPS) is 12.5. The lowest BCUT2D eigenvalue weighted by atomic mass is 10.2. The Balaban J connectivity index is 2.05. The van der Waals surface area contributed by atoms with Gasteiger partial charge in [0.15, 0.2) is 0 Å². The quantitative estimate of drug-likeness (QED) is 0.758. The number of para-hydroxylation sites is 1. The first-order chi connectivity index (χ1) is 10.2. The largest absolute Gasteiger partial charge is 0.468 e. The Labute approximate surface area is 129 Å². The van der Waals surface area contributed by atoms with Crippen LogP contribution < -0.4 is 5.32 Å². The molecule has 0 fully saturated rings. The Hall–Kier alpha value is -1.46. The first-order valence-electron chi connectivity index (χ1n) is 7.11. The number of hydrogen-bond acceptors (Lipinski definition) is 5. The SMILES string of the molecule is CCCNC(CSCC(=O)OC)c1cc2ccccc2o1. The van der Waals surface area contributed by atoms with E-state index in [1.165, 1.54) is 7.11 Å². The molecule has 0 spiro atoms. The molecule has 0 bridgehead atoms. The van der Waals surface area contributed by atoms with E-state index in [1.54, 1.807) is 11.8 Å². The molecule has 0 aliphatic carbocycles. The van der Waals surface area contributed by atoms with E-state index in [2.05, 4.69) is 23.0 Å². The van der Waals surface area contributed by atoms with E-state index in [0.717, 1.165) is 35.4 Å². The summed E-state index contributed by atoms with van der Waals surface area (Å²) in [7, 11) is 1.41. The second kappa shape index (κ2) is 8.10. The first kappa shape index (κ1) is 15.9. The number of carbonyl (C=O) groups excluding carboxylic acids is 1. The van der Waals surface area contributed by atoms with Crippen molar-refractivity contribution in [3.63, 3.8) is 0 Å². The van der Waals surface area contributed by atoms with Crippen molar-refractivity contribution in [1.82, 2.24) is 5.32 Å². The van der Waals surface area contributed by atoms with Crippen LogP contribution in [0.25, 0.3) is 11.0 Å². The zero-order valence-electron chi connectivity index (χ0n) is 12.4. The van der Waals surface area contributed by atoms with Crippen molar-refractivity contribution < 1.29 is 13.9 Å². The summed E-state index contributed by atoms with van der Waals surface area (Å²) in [6.45, 7) is 3.05. The Morgan fingerprint density at radius 2 is 2.24 bits per heavy atom. The molecule has 1 aromatic carbocycles. The summed E-state index contributed by atoms with van der Waals surface area (Å²) in [5, 5.41) is 4.58. The molecule has 1 heterocycles. The van der Waals surface area contributed by atoms with Gasteiger partial charge in [0.1, 0.15) is 11.3 Å². The molecule has 2 aromatic rings. The highest BCUT2D eigenvalue weighted by molar-refractivity contribution is 7.99. The molecule has 0 saturated heterocycles.